The second kappa shape index (κ2) is 4.65. The first-order valence-electron chi connectivity index (χ1n) is 6.08. The molecular weight excluding hydrogens is 246 g/mol. The maximum absolute atomic E-state index is 12.3. The minimum atomic E-state index is -0.0151. The summed E-state index contributed by atoms with van der Waals surface area (Å²) in [7, 11) is 0. The van der Waals surface area contributed by atoms with Crippen molar-refractivity contribution in [2.45, 2.75) is 19.4 Å². The van der Waals surface area contributed by atoms with Crippen LogP contribution in [-0.2, 0) is 0 Å². The molecule has 0 aliphatic carbocycles. The Balaban J connectivity index is 1.92. The number of amides is 1. The molecule has 1 aliphatic rings. The molecule has 18 heavy (non-hydrogen) atoms. The predicted molar refractivity (Wildman–Crippen MR) is 73.1 cm³/mol. The van der Waals surface area contributed by atoms with E-state index in [2.05, 4.69) is 10.3 Å². The topological polar surface area (TPSA) is 46.4 Å². The van der Waals surface area contributed by atoms with Gasteiger partial charge in [0.25, 0.3) is 5.91 Å². The Morgan fingerprint density at radius 1 is 1.56 bits per heavy atom. The van der Waals surface area contributed by atoms with Crippen molar-refractivity contribution < 1.29 is 4.79 Å². The fourth-order valence-corrected chi connectivity index (χ4v) is 3.44. The SMILES string of the molecule is Cc1nc2ccccn2c1C(=O)NC1CCSC1. The van der Waals surface area contributed by atoms with E-state index in [1.807, 2.05) is 47.5 Å². The monoisotopic (exact) mass is 261 g/mol. The number of aromatic nitrogens is 2. The Labute approximate surface area is 110 Å². The van der Waals surface area contributed by atoms with Crippen LogP contribution in [0.2, 0.25) is 0 Å². The van der Waals surface area contributed by atoms with Crippen molar-refractivity contribution in [2.24, 2.45) is 0 Å². The third-order valence-electron chi connectivity index (χ3n) is 3.18. The molecule has 0 spiro atoms. The lowest BCUT2D eigenvalue weighted by Gasteiger charge is -2.11. The van der Waals surface area contributed by atoms with Crippen molar-refractivity contribution in [1.82, 2.24) is 14.7 Å². The minimum Gasteiger partial charge on any atom is -0.347 e. The maximum Gasteiger partial charge on any atom is 0.270 e. The molecule has 1 N–H and O–H groups in total. The van der Waals surface area contributed by atoms with E-state index >= 15 is 0 Å². The van der Waals surface area contributed by atoms with Crippen molar-refractivity contribution in [2.75, 3.05) is 11.5 Å². The highest BCUT2D eigenvalue weighted by Crippen LogP contribution is 2.18. The molecule has 0 saturated carbocycles. The van der Waals surface area contributed by atoms with Crippen LogP contribution in [-0.4, -0.2) is 32.8 Å². The predicted octanol–water partition coefficient (Wildman–Crippen LogP) is 1.88. The summed E-state index contributed by atoms with van der Waals surface area (Å²) in [6.45, 7) is 1.88. The van der Waals surface area contributed by atoms with Gasteiger partial charge in [0.2, 0.25) is 0 Å². The smallest absolute Gasteiger partial charge is 0.270 e. The standard InChI is InChI=1S/C13H15N3OS/c1-9-12(13(17)15-10-5-7-18-8-10)16-6-3-2-4-11(16)14-9/h2-4,6,10H,5,7-8H2,1H3,(H,15,17). The molecule has 2 aromatic rings. The second-order valence-corrected chi connectivity index (χ2v) is 5.66. The van der Waals surface area contributed by atoms with E-state index in [1.54, 1.807) is 0 Å². The van der Waals surface area contributed by atoms with Gasteiger partial charge in [0.1, 0.15) is 11.3 Å². The number of rotatable bonds is 2. The molecule has 0 aromatic carbocycles. The van der Waals surface area contributed by atoms with Gasteiger partial charge in [0.15, 0.2) is 0 Å². The second-order valence-electron chi connectivity index (χ2n) is 4.51. The zero-order valence-electron chi connectivity index (χ0n) is 10.2. The van der Waals surface area contributed by atoms with E-state index in [1.165, 1.54) is 0 Å². The molecule has 1 fully saturated rings. The highest BCUT2D eigenvalue weighted by Gasteiger charge is 2.22. The first-order chi connectivity index (χ1) is 8.75. The number of carbonyl (C=O) groups is 1. The van der Waals surface area contributed by atoms with Crippen molar-refractivity contribution in [3.8, 4) is 0 Å². The molecule has 0 radical (unpaired) electrons. The third kappa shape index (κ3) is 1.99. The number of hydrogen-bond donors (Lipinski definition) is 1. The van der Waals surface area contributed by atoms with Crippen LogP contribution in [0.5, 0.6) is 0 Å². The summed E-state index contributed by atoms with van der Waals surface area (Å²) in [4.78, 5) is 16.7. The highest BCUT2D eigenvalue weighted by molar-refractivity contribution is 7.99. The lowest BCUT2D eigenvalue weighted by molar-refractivity contribution is 0.0934. The summed E-state index contributed by atoms with van der Waals surface area (Å²) in [6, 6.07) is 6.05. The van der Waals surface area contributed by atoms with E-state index in [9.17, 15) is 4.79 Å². The van der Waals surface area contributed by atoms with Gasteiger partial charge in [-0.15, -0.1) is 0 Å². The average molecular weight is 261 g/mol. The molecule has 1 unspecified atom stereocenters. The van der Waals surface area contributed by atoms with Crippen molar-refractivity contribution in [1.29, 1.82) is 0 Å². The quantitative estimate of drug-likeness (QED) is 0.898. The highest BCUT2D eigenvalue weighted by atomic mass is 32.2. The van der Waals surface area contributed by atoms with Crippen LogP contribution in [0.3, 0.4) is 0 Å². The number of nitrogens with one attached hydrogen (secondary N) is 1. The minimum absolute atomic E-state index is 0.0151. The van der Waals surface area contributed by atoms with E-state index in [0.29, 0.717) is 11.7 Å². The molecule has 1 amide bonds. The molecule has 5 heteroatoms. The average Bonchev–Trinajstić information content (AvgIpc) is 2.94. The molecule has 1 saturated heterocycles. The van der Waals surface area contributed by atoms with Gasteiger partial charge in [0.05, 0.1) is 5.69 Å². The van der Waals surface area contributed by atoms with Crippen molar-refractivity contribution in [3.63, 3.8) is 0 Å². The molecule has 4 nitrogen and oxygen atoms in total. The van der Waals surface area contributed by atoms with Gasteiger partial charge in [-0.2, -0.15) is 11.8 Å². The Kier molecular flexibility index (Phi) is 2.99. The van der Waals surface area contributed by atoms with Crippen molar-refractivity contribution in [3.05, 3.63) is 35.8 Å². The molecule has 2 aromatic heterocycles. The zero-order chi connectivity index (χ0) is 12.5. The lowest BCUT2D eigenvalue weighted by Crippen LogP contribution is -2.35. The molecular formula is C13H15N3OS. The third-order valence-corrected chi connectivity index (χ3v) is 4.35. The Hall–Kier alpha value is -1.49. The molecule has 1 aliphatic heterocycles. The Morgan fingerprint density at radius 2 is 2.44 bits per heavy atom. The fourth-order valence-electron chi connectivity index (χ4n) is 2.29. The molecule has 3 rings (SSSR count). The van der Waals surface area contributed by atoms with Crippen LogP contribution in [0.4, 0.5) is 0 Å². The number of hydrogen-bond acceptors (Lipinski definition) is 3. The zero-order valence-corrected chi connectivity index (χ0v) is 11.0. The van der Waals surface area contributed by atoms with Crippen LogP contribution in [0, 0.1) is 6.92 Å². The Morgan fingerprint density at radius 3 is 3.22 bits per heavy atom. The van der Waals surface area contributed by atoms with Gasteiger partial charge in [0, 0.05) is 18.0 Å². The molecule has 3 heterocycles. The number of fused-ring (bicyclic) bond motifs is 1. The number of pyridine rings is 1. The van der Waals surface area contributed by atoms with Gasteiger partial charge >= 0.3 is 0 Å². The maximum atomic E-state index is 12.3. The van der Waals surface area contributed by atoms with Crippen LogP contribution < -0.4 is 5.32 Å². The van der Waals surface area contributed by atoms with Gasteiger partial charge in [-0.25, -0.2) is 4.98 Å². The normalized spacial score (nSPS) is 19.3. The van der Waals surface area contributed by atoms with E-state index < -0.39 is 0 Å². The summed E-state index contributed by atoms with van der Waals surface area (Å²) in [5.74, 6) is 2.14. The number of thioether (sulfide) groups is 1. The summed E-state index contributed by atoms with van der Waals surface area (Å²) in [6.07, 6.45) is 2.94. The number of nitrogens with zero attached hydrogens (tertiary/aromatic N) is 2. The van der Waals surface area contributed by atoms with Gasteiger partial charge in [-0.05, 0) is 31.2 Å². The number of aryl methyl sites for hydroxylation is 1. The van der Waals surface area contributed by atoms with Crippen LogP contribution in [0.25, 0.3) is 5.65 Å². The van der Waals surface area contributed by atoms with Gasteiger partial charge in [-0.1, -0.05) is 6.07 Å². The molecule has 1 atom stereocenters. The van der Waals surface area contributed by atoms with E-state index in [4.69, 9.17) is 0 Å². The van der Waals surface area contributed by atoms with Crippen LogP contribution >= 0.6 is 11.8 Å². The molecule has 94 valence electrons. The van der Waals surface area contributed by atoms with Gasteiger partial charge in [-0.3, -0.25) is 9.20 Å². The van der Waals surface area contributed by atoms with E-state index in [0.717, 1.165) is 29.3 Å². The first kappa shape index (κ1) is 11.6. The summed E-state index contributed by atoms with van der Waals surface area (Å²) < 4.78 is 1.85. The Bertz CT molecular complexity index is 587. The van der Waals surface area contributed by atoms with Crippen LogP contribution in [0.1, 0.15) is 22.6 Å². The van der Waals surface area contributed by atoms with Crippen LogP contribution in [0.15, 0.2) is 24.4 Å². The van der Waals surface area contributed by atoms with Gasteiger partial charge < -0.3 is 5.32 Å². The number of imidazole rings is 1. The first-order valence-corrected chi connectivity index (χ1v) is 7.23. The van der Waals surface area contributed by atoms with E-state index in [-0.39, 0.29) is 5.91 Å². The summed E-state index contributed by atoms with van der Waals surface area (Å²) in [5.41, 5.74) is 2.26. The summed E-state index contributed by atoms with van der Waals surface area (Å²) >= 11 is 1.89. The fraction of sp³-hybridized carbons (Fsp3) is 0.385. The number of carbonyl (C=O) groups excluding carboxylic acids is 1. The largest absolute Gasteiger partial charge is 0.347 e. The van der Waals surface area contributed by atoms with Crippen molar-refractivity contribution >= 4 is 23.3 Å². The lowest BCUT2D eigenvalue weighted by atomic mass is 10.2. The molecule has 0 bridgehead atoms. The summed E-state index contributed by atoms with van der Waals surface area (Å²) in [5, 5.41) is 3.09.